The number of hydrogen-bond acceptors (Lipinski definition) is 3. The van der Waals surface area contributed by atoms with Gasteiger partial charge >= 0.3 is 5.97 Å². The predicted octanol–water partition coefficient (Wildman–Crippen LogP) is 3.88. The number of ether oxygens (including phenoxy) is 2. The molecule has 0 unspecified atom stereocenters. The Hall–Kier alpha value is -1.61. The van der Waals surface area contributed by atoms with Crippen molar-refractivity contribution in [3.63, 3.8) is 0 Å². The molecule has 2 rings (SSSR count). The molecule has 0 aromatic heterocycles. The van der Waals surface area contributed by atoms with E-state index in [4.69, 9.17) is 9.47 Å². The molecule has 3 nitrogen and oxygen atoms in total. The van der Waals surface area contributed by atoms with Crippen LogP contribution in [0.2, 0.25) is 0 Å². The number of hydrogen-bond donors (Lipinski definition) is 0. The molecule has 1 aromatic carbocycles. The second kappa shape index (κ2) is 7.99. The summed E-state index contributed by atoms with van der Waals surface area (Å²) in [5.41, 5.74) is 2.38. The van der Waals surface area contributed by atoms with E-state index in [1.54, 1.807) is 0 Å². The SMILES string of the molecule is COC(=O)[C@@H](CC1=CC[C@H](C)CC1)OCc1ccccc1. The molecule has 0 fully saturated rings. The van der Waals surface area contributed by atoms with Crippen molar-refractivity contribution in [3.05, 3.63) is 47.5 Å². The van der Waals surface area contributed by atoms with Gasteiger partial charge in [-0.2, -0.15) is 0 Å². The lowest BCUT2D eigenvalue weighted by atomic mass is 9.88. The van der Waals surface area contributed by atoms with Crippen LogP contribution >= 0.6 is 0 Å². The van der Waals surface area contributed by atoms with Crippen molar-refractivity contribution in [1.82, 2.24) is 0 Å². The van der Waals surface area contributed by atoms with Gasteiger partial charge in [-0.05, 0) is 30.7 Å². The number of benzene rings is 1. The van der Waals surface area contributed by atoms with Gasteiger partial charge in [0.25, 0.3) is 0 Å². The third-order valence-electron chi connectivity index (χ3n) is 3.97. The highest BCUT2D eigenvalue weighted by Crippen LogP contribution is 2.26. The summed E-state index contributed by atoms with van der Waals surface area (Å²) in [5.74, 6) is 0.459. The maximum atomic E-state index is 11.9. The maximum absolute atomic E-state index is 11.9. The summed E-state index contributed by atoms with van der Waals surface area (Å²) in [6.45, 7) is 2.70. The van der Waals surface area contributed by atoms with E-state index in [2.05, 4.69) is 13.0 Å². The number of allylic oxidation sites excluding steroid dienone is 1. The Morgan fingerprint density at radius 3 is 2.71 bits per heavy atom. The van der Waals surface area contributed by atoms with Crippen molar-refractivity contribution >= 4 is 5.97 Å². The summed E-state index contributed by atoms with van der Waals surface area (Å²) in [6, 6.07) is 9.90. The average Bonchev–Trinajstić information content (AvgIpc) is 2.53. The zero-order valence-electron chi connectivity index (χ0n) is 12.9. The molecule has 0 heterocycles. The van der Waals surface area contributed by atoms with Gasteiger partial charge in [-0.3, -0.25) is 0 Å². The molecule has 3 heteroatoms. The summed E-state index contributed by atoms with van der Waals surface area (Å²) < 4.78 is 10.7. The third kappa shape index (κ3) is 5.01. The number of esters is 1. The molecular weight excluding hydrogens is 264 g/mol. The van der Waals surface area contributed by atoms with Gasteiger partial charge in [0.15, 0.2) is 6.10 Å². The van der Waals surface area contributed by atoms with Crippen molar-refractivity contribution in [2.75, 3.05) is 7.11 Å². The second-order valence-electron chi connectivity index (χ2n) is 5.75. The van der Waals surface area contributed by atoms with Gasteiger partial charge in [-0.1, -0.05) is 48.9 Å². The highest BCUT2D eigenvalue weighted by atomic mass is 16.6. The zero-order chi connectivity index (χ0) is 15.1. The Morgan fingerprint density at radius 1 is 1.33 bits per heavy atom. The lowest BCUT2D eigenvalue weighted by Gasteiger charge is -2.22. The van der Waals surface area contributed by atoms with Crippen LogP contribution < -0.4 is 0 Å². The molecule has 21 heavy (non-hydrogen) atoms. The Balaban J connectivity index is 1.93. The molecule has 0 saturated carbocycles. The van der Waals surface area contributed by atoms with Crippen LogP contribution in [0.5, 0.6) is 0 Å². The largest absolute Gasteiger partial charge is 0.467 e. The Labute approximate surface area is 127 Å². The number of carbonyl (C=O) groups excluding carboxylic acids is 1. The number of rotatable bonds is 6. The Kier molecular flexibility index (Phi) is 6.00. The third-order valence-corrected chi connectivity index (χ3v) is 3.97. The first kappa shape index (κ1) is 15.8. The minimum absolute atomic E-state index is 0.287. The van der Waals surface area contributed by atoms with Gasteiger partial charge in [0.1, 0.15) is 0 Å². The summed E-state index contributed by atoms with van der Waals surface area (Å²) in [6.07, 6.45) is 5.75. The van der Waals surface area contributed by atoms with E-state index < -0.39 is 6.10 Å². The van der Waals surface area contributed by atoms with Crippen LogP contribution in [0.4, 0.5) is 0 Å². The first-order chi connectivity index (χ1) is 10.2. The quantitative estimate of drug-likeness (QED) is 0.588. The van der Waals surface area contributed by atoms with Crippen LogP contribution in [0.1, 0.15) is 38.2 Å². The average molecular weight is 288 g/mol. The highest BCUT2D eigenvalue weighted by Gasteiger charge is 2.23. The van der Waals surface area contributed by atoms with E-state index in [0.29, 0.717) is 13.0 Å². The Bertz CT molecular complexity index is 478. The van der Waals surface area contributed by atoms with Gasteiger partial charge in [0.2, 0.25) is 0 Å². The lowest BCUT2D eigenvalue weighted by Crippen LogP contribution is -2.26. The van der Waals surface area contributed by atoms with E-state index in [0.717, 1.165) is 24.3 Å². The summed E-state index contributed by atoms with van der Waals surface area (Å²) in [7, 11) is 1.42. The first-order valence-electron chi connectivity index (χ1n) is 7.60. The van der Waals surface area contributed by atoms with Gasteiger partial charge in [0, 0.05) is 6.42 Å². The first-order valence-corrected chi connectivity index (χ1v) is 7.60. The maximum Gasteiger partial charge on any atom is 0.335 e. The molecule has 2 atom stereocenters. The topological polar surface area (TPSA) is 35.5 Å². The molecule has 0 saturated heterocycles. The number of methoxy groups -OCH3 is 1. The molecule has 114 valence electrons. The molecule has 1 aliphatic rings. The van der Waals surface area contributed by atoms with Crippen LogP contribution in [-0.2, 0) is 20.9 Å². The van der Waals surface area contributed by atoms with E-state index in [-0.39, 0.29) is 5.97 Å². The summed E-state index contributed by atoms with van der Waals surface area (Å²) >= 11 is 0. The van der Waals surface area contributed by atoms with Crippen LogP contribution in [0.25, 0.3) is 0 Å². The normalized spacial score (nSPS) is 19.7. The molecule has 0 aliphatic heterocycles. The predicted molar refractivity (Wildman–Crippen MR) is 82.8 cm³/mol. The Morgan fingerprint density at radius 2 is 2.10 bits per heavy atom. The molecule has 0 spiro atoms. The molecular formula is C18H24O3. The zero-order valence-corrected chi connectivity index (χ0v) is 12.9. The summed E-state index contributed by atoms with van der Waals surface area (Å²) in [5, 5.41) is 0. The smallest absolute Gasteiger partial charge is 0.335 e. The molecule has 0 N–H and O–H groups in total. The van der Waals surface area contributed by atoms with E-state index >= 15 is 0 Å². The van der Waals surface area contributed by atoms with Crippen molar-refractivity contribution in [1.29, 1.82) is 0 Å². The van der Waals surface area contributed by atoms with Gasteiger partial charge in [0.05, 0.1) is 13.7 Å². The van der Waals surface area contributed by atoms with Crippen LogP contribution in [0.15, 0.2) is 42.0 Å². The van der Waals surface area contributed by atoms with E-state index in [1.807, 2.05) is 30.3 Å². The van der Waals surface area contributed by atoms with E-state index in [9.17, 15) is 4.79 Å². The monoisotopic (exact) mass is 288 g/mol. The summed E-state index contributed by atoms with van der Waals surface area (Å²) in [4.78, 5) is 11.9. The molecule has 0 amide bonds. The fourth-order valence-corrected chi connectivity index (χ4v) is 2.56. The minimum Gasteiger partial charge on any atom is -0.467 e. The van der Waals surface area contributed by atoms with Crippen molar-refractivity contribution in [3.8, 4) is 0 Å². The van der Waals surface area contributed by atoms with Crippen molar-refractivity contribution in [2.45, 2.75) is 45.3 Å². The molecule has 0 radical (unpaired) electrons. The number of carbonyl (C=O) groups is 1. The molecule has 1 aromatic rings. The molecule has 0 bridgehead atoms. The van der Waals surface area contributed by atoms with Crippen LogP contribution in [-0.4, -0.2) is 19.2 Å². The van der Waals surface area contributed by atoms with Crippen molar-refractivity contribution < 1.29 is 14.3 Å². The fourth-order valence-electron chi connectivity index (χ4n) is 2.56. The molecule has 1 aliphatic carbocycles. The fraction of sp³-hybridized carbons (Fsp3) is 0.500. The van der Waals surface area contributed by atoms with E-state index in [1.165, 1.54) is 19.1 Å². The van der Waals surface area contributed by atoms with Crippen molar-refractivity contribution in [2.24, 2.45) is 5.92 Å². The van der Waals surface area contributed by atoms with Crippen LogP contribution in [0.3, 0.4) is 0 Å². The highest BCUT2D eigenvalue weighted by molar-refractivity contribution is 5.74. The standard InChI is InChI=1S/C18H24O3/c1-14-8-10-15(11-9-14)12-17(18(19)20-2)21-13-16-6-4-3-5-7-16/h3-7,10,14,17H,8-9,11-13H2,1-2H3/t14-,17+/m0/s1. The minimum atomic E-state index is -0.505. The second-order valence-corrected chi connectivity index (χ2v) is 5.75. The van der Waals surface area contributed by atoms with Gasteiger partial charge in [-0.15, -0.1) is 0 Å². The lowest BCUT2D eigenvalue weighted by molar-refractivity contribution is -0.154. The van der Waals surface area contributed by atoms with Crippen LogP contribution in [0, 0.1) is 5.92 Å². The van der Waals surface area contributed by atoms with Gasteiger partial charge in [-0.25, -0.2) is 4.79 Å². The van der Waals surface area contributed by atoms with Gasteiger partial charge < -0.3 is 9.47 Å².